The van der Waals surface area contributed by atoms with E-state index in [2.05, 4.69) is 31.1 Å². The summed E-state index contributed by atoms with van der Waals surface area (Å²) in [5.41, 5.74) is 0.943. The van der Waals surface area contributed by atoms with Crippen molar-refractivity contribution in [2.24, 2.45) is 5.92 Å². The Morgan fingerprint density at radius 1 is 1.50 bits per heavy atom. The predicted octanol–water partition coefficient (Wildman–Crippen LogP) is 2.21. The lowest BCUT2D eigenvalue weighted by atomic mass is 9.91. The van der Waals surface area contributed by atoms with Gasteiger partial charge in [0.05, 0.1) is 18.3 Å². The van der Waals surface area contributed by atoms with E-state index in [4.69, 9.17) is 0 Å². The fraction of sp³-hybridized carbons (Fsp3) is 0.625. The number of amides is 1. The monoisotopic (exact) mass is 275 g/mol. The van der Waals surface area contributed by atoms with E-state index in [1.807, 2.05) is 23.1 Å². The van der Waals surface area contributed by atoms with Gasteiger partial charge in [-0.25, -0.2) is 0 Å². The number of carbonyl (C=O) groups is 1. The number of carbonyl (C=O) groups excluding carboxylic acids is 1. The summed E-state index contributed by atoms with van der Waals surface area (Å²) in [7, 11) is 0. The number of hydrogen-bond acceptors (Lipinski definition) is 3. The van der Waals surface area contributed by atoms with Crippen molar-refractivity contribution in [1.29, 1.82) is 0 Å². The fourth-order valence-corrected chi connectivity index (χ4v) is 2.74. The molecule has 1 aliphatic heterocycles. The smallest absolute Gasteiger partial charge is 0.240 e. The number of pyridine rings is 1. The maximum Gasteiger partial charge on any atom is 0.240 e. The molecule has 2 rings (SSSR count). The van der Waals surface area contributed by atoms with Crippen LogP contribution in [-0.2, 0) is 11.3 Å². The maximum atomic E-state index is 12.8. The summed E-state index contributed by atoms with van der Waals surface area (Å²) >= 11 is 0. The number of nitrogens with one attached hydrogen (secondary N) is 1. The molecule has 0 spiro atoms. The quantitative estimate of drug-likeness (QED) is 0.916. The van der Waals surface area contributed by atoms with Gasteiger partial charge in [0.2, 0.25) is 5.91 Å². The third-order valence-electron chi connectivity index (χ3n) is 4.00. The van der Waals surface area contributed by atoms with Gasteiger partial charge >= 0.3 is 0 Å². The van der Waals surface area contributed by atoms with Gasteiger partial charge in [-0.1, -0.05) is 13.0 Å². The fourth-order valence-electron chi connectivity index (χ4n) is 2.74. The highest BCUT2D eigenvalue weighted by molar-refractivity contribution is 5.82. The van der Waals surface area contributed by atoms with Crippen molar-refractivity contribution in [1.82, 2.24) is 15.2 Å². The van der Waals surface area contributed by atoms with E-state index < -0.39 is 0 Å². The van der Waals surface area contributed by atoms with Crippen LogP contribution in [-0.4, -0.2) is 34.4 Å². The van der Waals surface area contributed by atoms with Gasteiger partial charge < -0.3 is 10.2 Å². The van der Waals surface area contributed by atoms with E-state index in [0.717, 1.165) is 25.1 Å². The molecular formula is C16H25N3O. The van der Waals surface area contributed by atoms with Crippen molar-refractivity contribution < 1.29 is 4.79 Å². The highest BCUT2D eigenvalue weighted by atomic mass is 16.2. The minimum Gasteiger partial charge on any atom is -0.333 e. The molecule has 2 heterocycles. The number of hydrogen-bond donors (Lipinski definition) is 1. The topological polar surface area (TPSA) is 45.2 Å². The Kier molecular flexibility index (Phi) is 5.12. The Hall–Kier alpha value is -1.42. The first-order chi connectivity index (χ1) is 9.59. The van der Waals surface area contributed by atoms with Crippen LogP contribution in [0.1, 0.15) is 39.3 Å². The molecule has 1 amide bonds. The number of aromatic nitrogens is 1. The van der Waals surface area contributed by atoms with Crippen molar-refractivity contribution in [3.05, 3.63) is 30.1 Å². The van der Waals surface area contributed by atoms with E-state index in [1.165, 1.54) is 0 Å². The molecule has 0 radical (unpaired) electrons. The van der Waals surface area contributed by atoms with Gasteiger partial charge in [0.15, 0.2) is 0 Å². The minimum atomic E-state index is -0.0464. The van der Waals surface area contributed by atoms with Crippen molar-refractivity contribution in [3.8, 4) is 0 Å². The molecule has 110 valence electrons. The highest BCUT2D eigenvalue weighted by Crippen LogP contribution is 2.19. The molecule has 1 fully saturated rings. The van der Waals surface area contributed by atoms with Gasteiger partial charge in [-0.15, -0.1) is 0 Å². The van der Waals surface area contributed by atoms with Crippen molar-refractivity contribution in [3.63, 3.8) is 0 Å². The molecule has 2 atom stereocenters. The third-order valence-corrected chi connectivity index (χ3v) is 4.00. The van der Waals surface area contributed by atoms with Gasteiger partial charge in [-0.05, 0) is 51.3 Å². The number of piperidine rings is 1. The number of nitrogens with zero attached hydrogens (tertiary/aromatic N) is 2. The second-order valence-corrected chi connectivity index (χ2v) is 5.93. The van der Waals surface area contributed by atoms with Gasteiger partial charge in [0.1, 0.15) is 0 Å². The lowest BCUT2D eigenvalue weighted by Crippen LogP contribution is -2.53. The third kappa shape index (κ3) is 3.57. The van der Waals surface area contributed by atoms with Crippen LogP contribution in [0.4, 0.5) is 0 Å². The molecule has 0 bridgehead atoms. The summed E-state index contributed by atoms with van der Waals surface area (Å²) in [6.07, 6.45) is 4.06. The molecule has 0 saturated carbocycles. The Labute approximate surface area is 121 Å². The summed E-state index contributed by atoms with van der Waals surface area (Å²) in [4.78, 5) is 19.1. The maximum absolute atomic E-state index is 12.8. The lowest BCUT2D eigenvalue weighted by Gasteiger charge is -2.35. The zero-order chi connectivity index (χ0) is 14.5. The summed E-state index contributed by atoms with van der Waals surface area (Å²) in [5, 5.41) is 3.38. The normalized spacial score (nSPS) is 22.8. The predicted molar refractivity (Wildman–Crippen MR) is 80.1 cm³/mol. The van der Waals surface area contributed by atoms with Crippen LogP contribution < -0.4 is 5.32 Å². The van der Waals surface area contributed by atoms with Crippen LogP contribution in [0.2, 0.25) is 0 Å². The largest absolute Gasteiger partial charge is 0.333 e. The average Bonchev–Trinajstić information content (AvgIpc) is 2.45. The standard InChI is InChI=1S/C16H25N3O/c1-12(2)19(11-14-8-4-5-9-17-14)16(20)15-13(3)7-6-10-18-15/h4-5,8-9,12-13,15,18H,6-7,10-11H2,1-3H3. The molecule has 20 heavy (non-hydrogen) atoms. The summed E-state index contributed by atoms with van der Waals surface area (Å²) in [6.45, 7) is 7.81. The average molecular weight is 275 g/mol. The van der Waals surface area contributed by atoms with Crippen LogP contribution in [0.15, 0.2) is 24.4 Å². The Morgan fingerprint density at radius 3 is 2.90 bits per heavy atom. The van der Waals surface area contributed by atoms with Crippen molar-refractivity contribution >= 4 is 5.91 Å². The summed E-state index contributed by atoms with van der Waals surface area (Å²) in [6, 6.07) is 5.97. The van der Waals surface area contributed by atoms with Gasteiger partial charge in [-0.2, -0.15) is 0 Å². The van der Waals surface area contributed by atoms with Gasteiger partial charge in [0, 0.05) is 12.2 Å². The molecule has 4 nitrogen and oxygen atoms in total. The zero-order valence-corrected chi connectivity index (χ0v) is 12.7. The van der Waals surface area contributed by atoms with Crippen LogP contribution in [0.5, 0.6) is 0 Å². The summed E-state index contributed by atoms with van der Waals surface area (Å²) in [5.74, 6) is 0.610. The lowest BCUT2D eigenvalue weighted by molar-refractivity contribution is -0.137. The molecule has 1 aliphatic rings. The second kappa shape index (κ2) is 6.84. The van der Waals surface area contributed by atoms with E-state index in [1.54, 1.807) is 6.20 Å². The van der Waals surface area contributed by atoms with Crippen LogP contribution >= 0.6 is 0 Å². The Morgan fingerprint density at radius 2 is 2.30 bits per heavy atom. The van der Waals surface area contributed by atoms with Crippen LogP contribution in [0, 0.1) is 5.92 Å². The van der Waals surface area contributed by atoms with E-state index in [0.29, 0.717) is 12.5 Å². The molecule has 0 aliphatic carbocycles. The number of rotatable bonds is 4. The van der Waals surface area contributed by atoms with Crippen molar-refractivity contribution in [2.45, 2.75) is 52.2 Å². The molecule has 1 aromatic rings. The van der Waals surface area contributed by atoms with E-state index >= 15 is 0 Å². The van der Waals surface area contributed by atoms with E-state index in [-0.39, 0.29) is 18.0 Å². The molecule has 4 heteroatoms. The van der Waals surface area contributed by atoms with Crippen LogP contribution in [0.25, 0.3) is 0 Å². The summed E-state index contributed by atoms with van der Waals surface area (Å²) < 4.78 is 0. The molecule has 0 aromatic carbocycles. The SMILES string of the molecule is CC1CCCNC1C(=O)N(Cc1ccccn1)C(C)C. The second-order valence-electron chi connectivity index (χ2n) is 5.93. The van der Waals surface area contributed by atoms with Gasteiger partial charge in [-0.3, -0.25) is 9.78 Å². The first-order valence-corrected chi connectivity index (χ1v) is 7.53. The first-order valence-electron chi connectivity index (χ1n) is 7.53. The Balaban J connectivity index is 2.09. The van der Waals surface area contributed by atoms with Gasteiger partial charge in [0.25, 0.3) is 0 Å². The zero-order valence-electron chi connectivity index (χ0n) is 12.7. The van der Waals surface area contributed by atoms with E-state index in [9.17, 15) is 4.79 Å². The highest BCUT2D eigenvalue weighted by Gasteiger charge is 2.32. The Bertz CT molecular complexity index is 433. The molecule has 2 unspecified atom stereocenters. The van der Waals surface area contributed by atoms with Crippen LogP contribution in [0.3, 0.4) is 0 Å². The molecule has 1 aromatic heterocycles. The molecule has 1 N–H and O–H groups in total. The molecule has 1 saturated heterocycles. The molecular weight excluding hydrogens is 250 g/mol. The first kappa shape index (κ1) is 15.0. The minimum absolute atomic E-state index is 0.0464. The van der Waals surface area contributed by atoms with Crippen molar-refractivity contribution in [2.75, 3.05) is 6.54 Å².